The maximum Gasteiger partial charge on any atom is 0.387 e. The Balaban J connectivity index is 1.88. The number of nitrogens with zero attached hydrogens (tertiary/aromatic N) is 2. The highest BCUT2D eigenvalue weighted by Gasteiger charge is 2.21. The third-order valence-corrected chi connectivity index (χ3v) is 6.26. The largest absolute Gasteiger partial charge is 0.433 e. The second-order valence-electron chi connectivity index (χ2n) is 7.07. The third-order valence-electron chi connectivity index (χ3n) is 4.90. The summed E-state index contributed by atoms with van der Waals surface area (Å²) in [6, 6.07) is 10.6. The number of benzene rings is 2. The van der Waals surface area contributed by atoms with Crippen molar-refractivity contribution in [3.63, 3.8) is 0 Å². The van der Waals surface area contributed by atoms with Crippen molar-refractivity contribution in [2.24, 2.45) is 0 Å². The van der Waals surface area contributed by atoms with Gasteiger partial charge in [-0.15, -0.1) is 0 Å². The minimum atomic E-state index is -3.98. The number of sulfonamides is 1. The molecule has 2 aromatic rings. The van der Waals surface area contributed by atoms with Gasteiger partial charge < -0.3 is 14.5 Å². The van der Waals surface area contributed by atoms with Crippen molar-refractivity contribution in [2.75, 3.05) is 42.8 Å². The fourth-order valence-corrected chi connectivity index (χ4v) is 4.43. The van der Waals surface area contributed by atoms with E-state index in [0.717, 1.165) is 43.9 Å². The summed E-state index contributed by atoms with van der Waals surface area (Å²) >= 11 is 0. The van der Waals surface area contributed by atoms with E-state index in [2.05, 4.69) is 26.3 Å². The van der Waals surface area contributed by atoms with Crippen LogP contribution in [-0.2, 0) is 10.0 Å². The zero-order valence-electron chi connectivity index (χ0n) is 16.4. The highest BCUT2D eigenvalue weighted by molar-refractivity contribution is 7.92. The van der Waals surface area contributed by atoms with Gasteiger partial charge in [-0.25, -0.2) is 8.42 Å². The van der Waals surface area contributed by atoms with Crippen LogP contribution in [0.15, 0.2) is 47.4 Å². The molecule has 158 valence electrons. The number of alkyl halides is 2. The van der Waals surface area contributed by atoms with Gasteiger partial charge in [0.2, 0.25) is 0 Å². The summed E-state index contributed by atoms with van der Waals surface area (Å²) in [4.78, 5) is 4.51. The SMILES string of the molecule is Cc1ccc(S(=O)(=O)Nc2ccccc2OC(F)F)cc1N1CCCN(C)CC1. The van der Waals surface area contributed by atoms with E-state index in [1.165, 1.54) is 24.3 Å². The van der Waals surface area contributed by atoms with E-state index in [4.69, 9.17) is 0 Å². The molecule has 29 heavy (non-hydrogen) atoms. The zero-order chi connectivity index (χ0) is 21.0. The molecule has 6 nitrogen and oxygen atoms in total. The topological polar surface area (TPSA) is 61.9 Å². The smallest absolute Gasteiger partial charge is 0.387 e. The monoisotopic (exact) mass is 425 g/mol. The van der Waals surface area contributed by atoms with Gasteiger partial charge in [-0.3, -0.25) is 4.72 Å². The molecule has 9 heteroatoms. The first-order valence-electron chi connectivity index (χ1n) is 9.37. The lowest BCUT2D eigenvalue weighted by Gasteiger charge is -2.25. The van der Waals surface area contributed by atoms with Gasteiger partial charge in [-0.1, -0.05) is 18.2 Å². The van der Waals surface area contributed by atoms with Gasteiger partial charge in [-0.2, -0.15) is 8.78 Å². The Morgan fingerprint density at radius 2 is 1.83 bits per heavy atom. The molecule has 2 aromatic carbocycles. The maximum atomic E-state index is 12.9. The van der Waals surface area contributed by atoms with Crippen LogP contribution < -0.4 is 14.4 Å². The number of aryl methyl sites for hydroxylation is 1. The number of para-hydroxylation sites is 2. The van der Waals surface area contributed by atoms with Gasteiger partial charge in [0.05, 0.1) is 10.6 Å². The summed E-state index contributed by atoms with van der Waals surface area (Å²) in [5.74, 6) is -0.228. The van der Waals surface area contributed by atoms with Crippen LogP contribution in [0.1, 0.15) is 12.0 Å². The molecule has 0 spiro atoms. The summed E-state index contributed by atoms with van der Waals surface area (Å²) in [6.45, 7) is 2.43. The standard InChI is InChI=1S/C20H25F2N3O3S/c1-15-8-9-16(14-18(15)25-11-5-10-24(2)12-13-25)29(26,27)23-17-6-3-4-7-19(17)28-20(21)22/h3-4,6-9,14,20,23H,5,10-13H2,1-2H3. The molecule has 1 N–H and O–H groups in total. The summed E-state index contributed by atoms with van der Waals surface area (Å²) < 4.78 is 57.9. The number of anilines is 2. The Bertz CT molecular complexity index is 954. The van der Waals surface area contributed by atoms with Gasteiger partial charge in [0.25, 0.3) is 10.0 Å². The molecular weight excluding hydrogens is 400 g/mol. The predicted octanol–water partition coefficient (Wildman–Crippen LogP) is 3.54. The molecule has 1 aliphatic rings. The van der Waals surface area contributed by atoms with Crippen LogP contribution in [0.25, 0.3) is 0 Å². The Morgan fingerprint density at radius 3 is 2.59 bits per heavy atom. The fraction of sp³-hybridized carbons (Fsp3) is 0.400. The van der Waals surface area contributed by atoms with E-state index < -0.39 is 16.6 Å². The first-order chi connectivity index (χ1) is 13.8. The second-order valence-corrected chi connectivity index (χ2v) is 8.75. The van der Waals surface area contributed by atoms with Crippen molar-refractivity contribution in [3.8, 4) is 5.75 Å². The summed E-state index contributed by atoms with van der Waals surface area (Å²) in [6.07, 6.45) is 0.990. The molecule has 0 bridgehead atoms. The van der Waals surface area contributed by atoms with E-state index in [9.17, 15) is 17.2 Å². The molecule has 1 saturated heterocycles. The lowest BCUT2D eigenvalue weighted by atomic mass is 10.1. The minimum absolute atomic E-state index is 0.0358. The minimum Gasteiger partial charge on any atom is -0.433 e. The van der Waals surface area contributed by atoms with Crippen LogP contribution in [0.4, 0.5) is 20.2 Å². The molecule has 1 aliphatic heterocycles. The quantitative estimate of drug-likeness (QED) is 0.767. The van der Waals surface area contributed by atoms with Crippen LogP contribution in [0, 0.1) is 6.92 Å². The van der Waals surface area contributed by atoms with Gasteiger partial charge in [0.1, 0.15) is 5.75 Å². The number of rotatable bonds is 6. The van der Waals surface area contributed by atoms with E-state index >= 15 is 0 Å². The Hall–Kier alpha value is -2.39. The lowest BCUT2D eigenvalue weighted by Crippen LogP contribution is -2.29. The molecule has 3 rings (SSSR count). The highest BCUT2D eigenvalue weighted by atomic mass is 32.2. The van der Waals surface area contributed by atoms with E-state index in [-0.39, 0.29) is 16.3 Å². The van der Waals surface area contributed by atoms with Crippen LogP contribution in [0.5, 0.6) is 5.75 Å². The van der Waals surface area contributed by atoms with Crippen molar-refractivity contribution in [3.05, 3.63) is 48.0 Å². The van der Waals surface area contributed by atoms with Crippen LogP contribution >= 0.6 is 0 Å². The van der Waals surface area contributed by atoms with Gasteiger partial charge in [-0.05, 0) is 56.8 Å². The highest BCUT2D eigenvalue weighted by Crippen LogP contribution is 2.30. The second kappa shape index (κ2) is 8.96. The molecule has 0 aromatic heterocycles. The van der Waals surface area contributed by atoms with Crippen LogP contribution in [0.2, 0.25) is 0 Å². The Morgan fingerprint density at radius 1 is 1.07 bits per heavy atom. The van der Waals surface area contributed by atoms with Crippen molar-refractivity contribution in [1.82, 2.24) is 4.90 Å². The molecule has 0 radical (unpaired) electrons. The normalized spacial score (nSPS) is 16.0. The van der Waals surface area contributed by atoms with Crippen molar-refractivity contribution in [2.45, 2.75) is 24.9 Å². The predicted molar refractivity (Wildman–Crippen MR) is 109 cm³/mol. The summed E-state index contributed by atoms with van der Waals surface area (Å²) in [7, 11) is -1.91. The van der Waals surface area contributed by atoms with Gasteiger partial charge in [0.15, 0.2) is 0 Å². The zero-order valence-corrected chi connectivity index (χ0v) is 17.3. The summed E-state index contributed by atoms with van der Waals surface area (Å²) in [5, 5.41) is 0. The first kappa shape index (κ1) is 21.3. The number of halogens is 2. The number of ether oxygens (including phenoxy) is 1. The molecule has 1 fully saturated rings. The maximum absolute atomic E-state index is 12.9. The first-order valence-corrected chi connectivity index (χ1v) is 10.9. The molecular formula is C20H25F2N3O3S. The van der Waals surface area contributed by atoms with E-state index in [1.54, 1.807) is 18.2 Å². The van der Waals surface area contributed by atoms with Crippen molar-refractivity contribution < 1.29 is 21.9 Å². The molecule has 1 heterocycles. The average Bonchev–Trinajstić information content (AvgIpc) is 2.87. The molecule has 0 amide bonds. The van der Waals surface area contributed by atoms with Crippen LogP contribution in [0.3, 0.4) is 0 Å². The molecule has 0 aliphatic carbocycles. The lowest BCUT2D eigenvalue weighted by molar-refractivity contribution is -0.0493. The fourth-order valence-electron chi connectivity index (χ4n) is 3.34. The Kier molecular flexibility index (Phi) is 6.59. The summed E-state index contributed by atoms with van der Waals surface area (Å²) in [5.41, 5.74) is 1.81. The van der Waals surface area contributed by atoms with Crippen molar-refractivity contribution >= 4 is 21.4 Å². The molecule has 0 saturated carbocycles. The number of hydrogen-bond acceptors (Lipinski definition) is 5. The van der Waals surface area contributed by atoms with E-state index in [1.807, 2.05) is 6.92 Å². The third kappa shape index (κ3) is 5.36. The number of nitrogens with one attached hydrogen (secondary N) is 1. The number of hydrogen-bond donors (Lipinski definition) is 1. The van der Waals surface area contributed by atoms with Crippen LogP contribution in [-0.4, -0.2) is 53.2 Å². The molecule has 0 unspecified atom stereocenters. The number of likely N-dealkylation sites (N-methyl/N-ethyl adjacent to an activating group) is 1. The molecule has 0 atom stereocenters. The Labute approximate surface area is 170 Å². The van der Waals surface area contributed by atoms with Gasteiger partial charge in [0, 0.05) is 25.3 Å². The van der Waals surface area contributed by atoms with Gasteiger partial charge >= 0.3 is 6.61 Å². The van der Waals surface area contributed by atoms with Crippen molar-refractivity contribution in [1.29, 1.82) is 0 Å². The average molecular weight is 426 g/mol. The van der Waals surface area contributed by atoms with E-state index in [0.29, 0.717) is 0 Å².